The Morgan fingerprint density at radius 1 is 0.704 bits per heavy atom. The zero-order valence-corrected chi connectivity index (χ0v) is 19.2. The number of carbonyl (C=O) groups excluding carboxylic acids is 4. The van der Waals surface area contributed by atoms with Gasteiger partial charge in [-0.3, -0.25) is 0 Å². The fourth-order valence-electron chi connectivity index (χ4n) is 1.16. The minimum atomic E-state index is -1.40. The molecule has 9 heteroatoms. The van der Waals surface area contributed by atoms with E-state index in [0.29, 0.717) is 37.2 Å². The second kappa shape index (κ2) is 18.8. The molecule has 0 aromatic carbocycles. The van der Waals surface area contributed by atoms with Gasteiger partial charge < -0.3 is 29.3 Å². The molecule has 0 saturated carbocycles. The molecule has 0 rings (SSSR count). The molecule has 148 valence electrons. The van der Waals surface area contributed by atoms with Crippen LogP contribution in [0.2, 0.25) is 0 Å². The first-order valence-corrected chi connectivity index (χ1v) is 8.16. The molecule has 0 aliphatic rings. The van der Waals surface area contributed by atoms with E-state index in [9.17, 15) is 29.4 Å². The van der Waals surface area contributed by atoms with Crippen LogP contribution in [0.4, 0.5) is 0 Å². The van der Waals surface area contributed by atoms with Crippen LogP contribution in [-0.2, 0) is 48.1 Å². The molecular formula is C18H26O8Zn. The van der Waals surface area contributed by atoms with Gasteiger partial charge in [0.15, 0.2) is 0 Å². The molecule has 27 heavy (non-hydrogen) atoms. The van der Waals surface area contributed by atoms with Gasteiger partial charge in [0.25, 0.3) is 0 Å². The van der Waals surface area contributed by atoms with Crippen LogP contribution in [0, 0.1) is 11.8 Å². The molecule has 0 saturated heterocycles. The molecule has 0 N–H and O–H groups in total. The van der Waals surface area contributed by atoms with Crippen molar-refractivity contribution in [3.8, 4) is 0 Å². The number of hydrogen-bond acceptors (Lipinski definition) is 8. The summed E-state index contributed by atoms with van der Waals surface area (Å²) in [6, 6.07) is 0. The Labute approximate surface area is 172 Å². The number of carboxylic acid groups (broad SMARTS) is 2. The summed E-state index contributed by atoms with van der Waals surface area (Å²) in [7, 11) is 0. The third-order valence-corrected chi connectivity index (χ3v) is 2.59. The second-order valence-corrected chi connectivity index (χ2v) is 6.00. The van der Waals surface area contributed by atoms with E-state index >= 15 is 0 Å². The number of rotatable bonds is 10. The third-order valence-electron chi connectivity index (χ3n) is 2.59. The van der Waals surface area contributed by atoms with E-state index < -0.39 is 23.9 Å². The normalized spacial score (nSPS) is 10.3. The van der Waals surface area contributed by atoms with Gasteiger partial charge in [-0.05, 0) is 36.8 Å². The number of esters is 2. The van der Waals surface area contributed by atoms with Crippen LogP contribution < -0.4 is 10.2 Å². The van der Waals surface area contributed by atoms with E-state index in [1.54, 1.807) is 0 Å². The van der Waals surface area contributed by atoms with Crippen molar-refractivity contribution in [3.05, 3.63) is 24.3 Å². The SMILES string of the molecule is CC(C)CCOC(=O)/C=C\C(=O)[O-].CC(C)CCOC(=O)/C=C\C(=O)[O-].[Zn+2]. The first-order valence-electron chi connectivity index (χ1n) is 8.16. The van der Waals surface area contributed by atoms with Gasteiger partial charge in [-0.15, -0.1) is 0 Å². The maximum Gasteiger partial charge on any atom is 2.00 e. The standard InChI is InChI=1S/2C9H14O4.Zn/c2*1-7(2)5-6-13-9(12)4-3-8(10)11;/h2*3-4,7H,5-6H2,1-2H3,(H,10,11);/q;;+2/p-2/b2*4-3-;. The van der Waals surface area contributed by atoms with Gasteiger partial charge in [-0.2, -0.15) is 0 Å². The first-order chi connectivity index (χ1) is 12.0. The monoisotopic (exact) mass is 434 g/mol. The largest absolute Gasteiger partial charge is 2.00 e. The van der Waals surface area contributed by atoms with E-state index in [1.807, 2.05) is 27.7 Å². The molecule has 0 amide bonds. The Balaban J connectivity index is -0.000000411. The summed E-state index contributed by atoms with van der Waals surface area (Å²) in [6.45, 7) is 8.65. The Bertz CT molecular complexity index is 463. The number of ether oxygens (including phenoxy) is 2. The Kier molecular flexibility index (Phi) is 20.7. The fourth-order valence-corrected chi connectivity index (χ4v) is 1.16. The maximum absolute atomic E-state index is 10.7. The number of aliphatic carboxylic acids is 2. The van der Waals surface area contributed by atoms with Crippen molar-refractivity contribution in [1.29, 1.82) is 0 Å². The van der Waals surface area contributed by atoms with Crippen molar-refractivity contribution in [2.24, 2.45) is 11.8 Å². The summed E-state index contributed by atoms with van der Waals surface area (Å²) in [5, 5.41) is 19.8. The molecule has 0 aromatic rings. The number of hydrogen-bond donors (Lipinski definition) is 0. The summed E-state index contributed by atoms with van der Waals surface area (Å²) in [5.41, 5.74) is 0. The van der Waals surface area contributed by atoms with Crippen LogP contribution >= 0.6 is 0 Å². The molecule has 0 aromatic heterocycles. The van der Waals surface area contributed by atoms with E-state index in [1.165, 1.54) is 0 Å². The topological polar surface area (TPSA) is 133 Å². The summed E-state index contributed by atoms with van der Waals surface area (Å²) in [4.78, 5) is 41.2. The minimum Gasteiger partial charge on any atom is -0.545 e. The van der Waals surface area contributed by atoms with Gasteiger partial charge in [0.2, 0.25) is 0 Å². The average molecular weight is 436 g/mol. The van der Waals surface area contributed by atoms with Gasteiger partial charge in [0.05, 0.1) is 25.2 Å². The van der Waals surface area contributed by atoms with Gasteiger partial charge in [0.1, 0.15) is 0 Å². The zero-order valence-electron chi connectivity index (χ0n) is 16.3. The summed E-state index contributed by atoms with van der Waals surface area (Å²) < 4.78 is 9.37. The van der Waals surface area contributed by atoms with Crippen molar-refractivity contribution >= 4 is 23.9 Å². The van der Waals surface area contributed by atoms with Crippen LogP contribution in [0.15, 0.2) is 24.3 Å². The predicted octanol–water partition coefficient (Wildman–Crippen LogP) is -0.239. The molecule has 0 spiro atoms. The Morgan fingerprint density at radius 3 is 1.22 bits per heavy atom. The van der Waals surface area contributed by atoms with Crippen molar-refractivity contribution in [2.45, 2.75) is 40.5 Å². The molecule has 0 bridgehead atoms. The predicted molar refractivity (Wildman–Crippen MR) is 89.1 cm³/mol. The summed E-state index contributed by atoms with van der Waals surface area (Å²) in [5.74, 6) is -3.19. The molecule has 0 fully saturated rings. The fraction of sp³-hybridized carbons (Fsp3) is 0.556. The van der Waals surface area contributed by atoms with Crippen LogP contribution in [0.25, 0.3) is 0 Å². The Hall–Kier alpha value is -2.02. The van der Waals surface area contributed by atoms with Crippen LogP contribution in [0.1, 0.15) is 40.5 Å². The van der Waals surface area contributed by atoms with Gasteiger partial charge >= 0.3 is 31.4 Å². The molecule has 0 aliphatic carbocycles. The smallest absolute Gasteiger partial charge is 0.545 e. The third kappa shape index (κ3) is 29.0. The van der Waals surface area contributed by atoms with E-state index in [0.717, 1.165) is 25.0 Å². The molecular weight excluding hydrogens is 410 g/mol. The molecule has 0 heterocycles. The second-order valence-electron chi connectivity index (χ2n) is 6.00. The summed E-state index contributed by atoms with van der Waals surface area (Å²) in [6.07, 6.45) is 4.52. The van der Waals surface area contributed by atoms with Crippen LogP contribution in [-0.4, -0.2) is 37.1 Å². The Morgan fingerprint density at radius 2 is 1.00 bits per heavy atom. The van der Waals surface area contributed by atoms with Crippen molar-refractivity contribution < 1.29 is 58.3 Å². The minimum absolute atomic E-state index is 0. The average Bonchev–Trinajstić information content (AvgIpc) is 2.51. The van der Waals surface area contributed by atoms with Crippen LogP contribution in [0.3, 0.4) is 0 Å². The zero-order chi connectivity index (χ0) is 20.5. The number of carboxylic acids is 2. The first kappa shape index (κ1) is 29.7. The van der Waals surface area contributed by atoms with Crippen molar-refractivity contribution in [3.63, 3.8) is 0 Å². The van der Waals surface area contributed by atoms with Gasteiger partial charge in [-0.25, -0.2) is 9.59 Å². The maximum atomic E-state index is 10.7. The van der Waals surface area contributed by atoms with E-state index in [2.05, 4.69) is 9.47 Å². The van der Waals surface area contributed by atoms with Crippen molar-refractivity contribution in [2.75, 3.05) is 13.2 Å². The van der Waals surface area contributed by atoms with Gasteiger partial charge in [-0.1, -0.05) is 27.7 Å². The molecule has 0 aliphatic heterocycles. The summed E-state index contributed by atoms with van der Waals surface area (Å²) >= 11 is 0. The molecule has 8 nitrogen and oxygen atoms in total. The number of carbonyl (C=O) groups is 4. The molecule has 0 unspecified atom stereocenters. The van der Waals surface area contributed by atoms with Crippen LogP contribution in [0.5, 0.6) is 0 Å². The molecule has 0 atom stereocenters. The van der Waals surface area contributed by atoms with E-state index in [-0.39, 0.29) is 19.5 Å². The van der Waals surface area contributed by atoms with Crippen molar-refractivity contribution in [1.82, 2.24) is 0 Å². The quantitative estimate of drug-likeness (QED) is 0.261. The molecule has 0 radical (unpaired) electrons. The van der Waals surface area contributed by atoms with E-state index in [4.69, 9.17) is 0 Å². The van der Waals surface area contributed by atoms with Gasteiger partial charge in [0, 0.05) is 12.2 Å².